The van der Waals surface area contributed by atoms with Gasteiger partial charge in [0.05, 0.1) is 11.6 Å². The van der Waals surface area contributed by atoms with Crippen molar-refractivity contribution >= 4 is 27.7 Å². The number of nitrogens with zero attached hydrogens (tertiary/aromatic N) is 2. The Morgan fingerprint density at radius 1 is 1.65 bits per heavy atom. The molecule has 0 spiro atoms. The van der Waals surface area contributed by atoms with E-state index < -0.39 is 0 Å². The van der Waals surface area contributed by atoms with Gasteiger partial charge in [0, 0.05) is 12.7 Å². The van der Waals surface area contributed by atoms with E-state index in [0.717, 1.165) is 35.2 Å². The minimum Gasteiger partial charge on any atom is -0.467 e. The molecule has 0 bridgehead atoms. The predicted octanol–water partition coefficient (Wildman–Crippen LogP) is 2.29. The molecule has 1 atom stereocenters. The summed E-state index contributed by atoms with van der Waals surface area (Å²) in [5.74, 6) is 0.649. The van der Waals surface area contributed by atoms with E-state index in [-0.39, 0.29) is 12.0 Å². The molecule has 0 aliphatic carbocycles. The van der Waals surface area contributed by atoms with Gasteiger partial charge in [-0.05, 0) is 47.3 Å². The van der Waals surface area contributed by atoms with Gasteiger partial charge in [0.2, 0.25) is 0 Å². The van der Waals surface area contributed by atoms with Gasteiger partial charge in [-0.15, -0.1) is 0 Å². The van der Waals surface area contributed by atoms with E-state index in [1.807, 2.05) is 17.9 Å². The summed E-state index contributed by atoms with van der Waals surface area (Å²) < 4.78 is 5.79. The molecule has 1 unspecified atom stereocenters. The molecular formula is C12H15BrN2O2. The second-order valence-corrected chi connectivity index (χ2v) is 4.93. The van der Waals surface area contributed by atoms with Crippen molar-refractivity contribution in [2.45, 2.75) is 25.8 Å². The van der Waals surface area contributed by atoms with Gasteiger partial charge in [-0.25, -0.2) is 9.78 Å². The molecule has 1 aliphatic heterocycles. The van der Waals surface area contributed by atoms with Crippen LogP contribution in [0.4, 0.5) is 5.82 Å². The summed E-state index contributed by atoms with van der Waals surface area (Å²) in [5.41, 5.74) is 1.12. The summed E-state index contributed by atoms with van der Waals surface area (Å²) in [6.45, 7) is 2.85. The number of esters is 1. The number of carbonyl (C=O) groups is 1. The molecule has 17 heavy (non-hydrogen) atoms. The van der Waals surface area contributed by atoms with Crippen molar-refractivity contribution in [3.8, 4) is 0 Å². The van der Waals surface area contributed by atoms with Crippen LogP contribution < -0.4 is 4.90 Å². The van der Waals surface area contributed by atoms with Crippen molar-refractivity contribution in [3.05, 3.63) is 22.3 Å². The van der Waals surface area contributed by atoms with Crippen molar-refractivity contribution < 1.29 is 9.53 Å². The zero-order valence-corrected chi connectivity index (χ0v) is 11.5. The Balaban J connectivity index is 2.32. The quantitative estimate of drug-likeness (QED) is 0.786. The fourth-order valence-electron chi connectivity index (χ4n) is 2.13. The lowest BCUT2D eigenvalue weighted by Gasteiger charge is -2.25. The molecular weight excluding hydrogens is 284 g/mol. The minimum atomic E-state index is -0.203. The predicted molar refractivity (Wildman–Crippen MR) is 69.1 cm³/mol. The lowest BCUT2D eigenvalue weighted by atomic mass is 10.2. The highest BCUT2D eigenvalue weighted by molar-refractivity contribution is 9.10. The van der Waals surface area contributed by atoms with Crippen LogP contribution in [0.15, 0.2) is 16.7 Å². The topological polar surface area (TPSA) is 42.4 Å². The van der Waals surface area contributed by atoms with Gasteiger partial charge >= 0.3 is 5.97 Å². The molecule has 92 valence electrons. The van der Waals surface area contributed by atoms with Crippen LogP contribution in [0.1, 0.15) is 18.4 Å². The van der Waals surface area contributed by atoms with E-state index in [9.17, 15) is 4.79 Å². The van der Waals surface area contributed by atoms with Gasteiger partial charge in [0.1, 0.15) is 11.9 Å². The monoisotopic (exact) mass is 298 g/mol. The Bertz CT molecular complexity index is 437. The third-order valence-corrected chi connectivity index (χ3v) is 4.04. The number of aromatic nitrogens is 1. The van der Waals surface area contributed by atoms with E-state index in [4.69, 9.17) is 4.74 Å². The molecule has 0 saturated carbocycles. The van der Waals surface area contributed by atoms with Crippen LogP contribution in [0.3, 0.4) is 0 Å². The normalized spacial score (nSPS) is 19.5. The first-order chi connectivity index (χ1) is 8.15. The maximum atomic E-state index is 11.7. The fourth-order valence-corrected chi connectivity index (χ4v) is 2.59. The maximum absolute atomic E-state index is 11.7. The first kappa shape index (κ1) is 12.4. The molecule has 0 aromatic carbocycles. The highest BCUT2D eigenvalue weighted by Gasteiger charge is 2.33. The first-order valence-electron chi connectivity index (χ1n) is 5.60. The fraction of sp³-hybridized carbons (Fsp3) is 0.500. The molecule has 1 aromatic heterocycles. The summed E-state index contributed by atoms with van der Waals surface area (Å²) in [6, 6.07) is 1.74. The lowest BCUT2D eigenvalue weighted by Crippen LogP contribution is -2.37. The van der Waals surface area contributed by atoms with Gasteiger partial charge in [-0.3, -0.25) is 0 Å². The highest BCUT2D eigenvalue weighted by Crippen LogP contribution is 2.32. The SMILES string of the molecule is COC(=O)C1CCCN1c1nccc(C)c1Br. The average Bonchev–Trinajstić information content (AvgIpc) is 2.80. The number of hydrogen-bond acceptors (Lipinski definition) is 4. The Morgan fingerprint density at radius 3 is 3.12 bits per heavy atom. The average molecular weight is 299 g/mol. The minimum absolute atomic E-state index is 0.183. The summed E-state index contributed by atoms with van der Waals surface area (Å²) in [6.07, 6.45) is 3.58. The van der Waals surface area contributed by atoms with Crippen molar-refractivity contribution in [1.82, 2.24) is 4.98 Å². The van der Waals surface area contributed by atoms with Crippen molar-refractivity contribution in [3.63, 3.8) is 0 Å². The standard InChI is InChI=1S/C12H15BrN2O2/c1-8-5-6-14-11(10(8)13)15-7-3-4-9(15)12(16)17-2/h5-6,9H,3-4,7H2,1-2H3. The highest BCUT2D eigenvalue weighted by atomic mass is 79.9. The Kier molecular flexibility index (Phi) is 3.66. The van der Waals surface area contributed by atoms with Crippen molar-refractivity contribution in [2.75, 3.05) is 18.6 Å². The van der Waals surface area contributed by atoms with E-state index in [0.29, 0.717) is 0 Å². The van der Waals surface area contributed by atoms with Gasteiger partial charge < -0.3 is 9.64 Å². The molecule has 1 aromatic rings. The molecule has 0 N–H and O–H groups in total. The van der Waals surface area contributed by atoms with Crippen LogP contribution in [0.5, 0.6) is 0 Å². The number of aryl methyl sites for hydroxylation is 1. The van der Waals surface area contributed by atoms with Gasteiger partial charge in [0.25, 0.3) is 0 Å². The number of carbonyl (C=O) groups excluding carboxylic acids is 1. The van der Waals surface area contributed by atoms with Crippen LogP contribution >= 0.6 is 15.9 Å². The Labute approximate surface area is 109 Å². The first-order valence-corrected chi connectivity index (χ1v) is 6.40. The molecule has 2 rings (SSSR count). The third kappa shape index (κ3) is 2.29. The molecule has 5 heteroatoms. The largest absolute Gasteiger partial charge is 0.467 e. The van der Waals surface area contributed by atoms with E-state index in [1.54, 1.807) is 6.20 Å². The Morgan fingerprint density at radius 2 is 2.41 bits per heavy atom. The third-order valence-electron chi connectivity index (χ3n) is 3.06. The number of anilines is 1. The number of halogens is 1. The molecule has 2 heterocycles. The number of methoxy groups -OCH3 is 1. The van der Waals surface area contributed by atoms with E-state index >= 15 is 0 Å². The van der Waals surface area contributed by atoms with Crippen LogP contribution in [-0.4, -0.2) is 30.6 Å². The summed E-state index contributed by atoms with van der Waals surface area (Å²) in [7, 11) is 1.43. The molecule has 1 saturated heterocycles. The van der Waals surface area contributed by atoms with Crippen molar-refractivity contribution in [1.29, 1.82) is 0 Å². The van der Waals surface area contributed by atoms with Gasteiger partial charge in [0.15, 0.2) is 0 Å². The smallest absolute Gasteiger partial charge is 0.328 e. The summed E-state index contributed by atoms with van der Waals surface area (Å²) in [5, 5.41) is 0. The summed E-state index contributed by atoms with van der Waals surface area (Å²) >= 11 is 3.53. The molecule has 1 fully saturated rings. The summed E-state index contributed by atoms with van der Waals surface area (Å²) in [4.78, 5) is 18.1. The zero-order valence-electron chi connectivity index (χ0n) is 9.94. The molecule has 4 nitrogen and oxygen atoms in total. The van der Waals surface area contributed by atoms with Gasteiger partial charge in [-0.1, -0.05) is 0 Å². The number of hydrogen-bond donors (Lipinski definition) is 0. The van der Waals surface area contributed by atoms with Crippen LogP contribution in [0.25, 0.3) is 0 Å². The molecule has 1 aliphatic rings. The molecule has 0 amide bonds. The van der Waals surface area contributed by atoms with Crippen LogP contribution in [0.2, 0.25) is 0 Å². The lowest BCUT2D eigenvalue weighted by molar-refractivity contribution is -0.141. The van der Waals surface area contributed by atoms with Crippen LogP contribution in [0, 0.1) is 6.92 Å². The number of rotatable bonds is 2. The molecule has 0 radical (unpaired) electrons. The van der Waals surface area contributed by atoms with E-state index in [1.165, 1.54) is 7.11 Å². The number of ether oxygens (including phenoxy) is 1. The van der Waals surface area contributed by atoms with Gasteiger partial charge in [-0.2, -0.15) is 0 Å². The number of pyridine rings is 1. The van der Waals surface area contributed by atoms with Crippen LogP contribution in [-0.2, 0) is 9.53 Å². The zero-order chi connectivity index (χ0) is 12.4. The van der Waals surface area contributed by atoms with E-state index in [2.05, 4.69) is 20.9 Å². The maximum Gasteiger partial charge on any atom is 0.328 e. The second kappa shape index (κ2) is 5.04. The van der Waals surface area contributed by atoms with Crippen molar-refractivity contribution in [2.24, 2.45) is 0 Å². The Hall–Kier alpha value is -1.10. The second-order valence-electron chi connectivity index (χ2n) is 4.14.